The Labute approximate surface area is 144 Å². The molecule has 2 aromatic heterocycles. The maximum absolute atomic E-state index is 12.9. The van der Waals surface area contributed by atoms with E-state index in [0.717, 1.165) is 22.2 Å². The topological polar surface area (TPSA) is 61.9 Å². The Hall–Kier alpha value is -2.28. The lowest BCUT2D eigenvalue weighted by atomic mass is 10.2. The number of hydrogen-bond donors (Lipinski definition) is 0. The summed E-state index contributed by atoms with van der Waals surface area (Å²) in [5.74, 6) is 1.65. The van der Waals surface area contributed by atoms with Crippen molar-refractivity contribution in [3.8, 4) is 5.75 Å². The summed E-state index contributed by atoms with van der Waals surface area (Å²) in [5.41, 5.74) is 2.00. The van der Waals surface area contributed by atoms with Gasteiger partial charge in [0.1, 0.15) is 11.3 Å². The minimum atomic E-state index is -0.0982. The van der Waals surface area contributed by atoms with E-state index in [9.17, 15) is 4.79 Å². The molecular formula is C17H20N4O2S. The van der Waals surface area contributed by atoms with Crippen LogP contribution < -0.4 is 10.3 Å². The van der Waals surface area contributed by atoms with Crippen LogP contribution in [0.2, 0.25) is 0 Å². The molecule has 0 aliphatic heterocycles. The summed E-state index contributed by atoms with van der Waals surface area (Å²) < 4.78 is 8.63. The van der Waals surface area contributed by atoms with Crippen LogP contribution in [0.5, 0.6) is 5.75 Å². The van der Waals surface area contributed by atoms with Crippen molar-refractivity contribution in [2.45, 2.75) is 32.1 Å². The fourth-order valence-corrected chi connectivity index (χ4v) is 3.20. The van der Waals surface area contributed by atoms with Crippen LogP contribution in [0, 0.1) is 0 Å². The Balaban J connectivity index is 2.07. The monoisotopic (exact) mass is 344 g/mol. The number of fused-ring (bicyclic) bond motifs is 1. The van der Waals surface area contributed by atoms with Crippen molar-refractivity contribution < 1.29 is 4.74 Å². The number of nitrogens with zero attached hydrogens (tertiary/aromatic N) is 4. The van der Waals surface area contributed by atoms with Gasteiger partial charge in [-0.25, -0.2) is 4.98 Å². The fraction of sp³-hybridized carbons (Fsp3) is 0.353. The molecule has 24 heavy (non-hydrogen) atoms. The summed E-state index contributed by atoms with van der Waals surface area (Å²) in [5, 5.41) is 5.08. The summed E-state index contributed by atoms with van der Waals surface area (Å²) in [6, 6.07) is 7.70. The summed E-state index contributed by atoms with van der Waals surface area (Å²) in [6.07, 6.45) is 1.83. The molecule has 0 saturated heterocycles. The van der Waals surface area contributed by atoms with E-state index in [1.807, 2.05) is 44.3 Å². The van der Waals surface area contributed by atoms with Gasteiger partial charge in [-0.05, 0) is 30.4 Å². The number of thioether (sulfide) groups is 1. The first kappa shape index (κ1) is 16.6. The van der Waals surface area contributed by atoms with E-state index in [4.69, 9.17) is 4.74 Å². The molecule has 0 amide bonds. The van der Waals surface area contributed by atoms with Crippen molar-refractivity contribution in [1.29, 1.82) is 0 Å². The molecule has 1 aromatic carbocycles. The van der Waals surface area contributed by atoms with Gasteiger partial charge in [-0.15, -0.1) is 0 Å². The first-order valence-electron chi connectivity index (χ1n) is 7.90. The van der Waals surface area contributed by atoms with Crippen LogP contribution >= 0.6 is 11.8 Å². The fourth-order valence-electron chi connectivity index (χ4n) is 2.48. The van der Waals surface area contributed by atoms with Gasteiger partial charge in [0.05, 0.1) is 19.9 Å². The summed E-state index contributed by atoms with van der Waals surface area (Å²) in [7, 11) is 1.64. The maximum Gasteiger partial charge on any atom is 0.282 e. The standard InChI is InChI=1S/C17H20N4O2S/c1-4-20-11-14-15(19-20)16(22)21(17(18-14)24-5-2)10-12-6-8-13(23-3)9-7-12/h6-9,11H,4-5,10H2,1-3H3. The van der Waals surface area contributed by atoms with Crippen LogP contribution in [0.1, 0.15) is 19.4 Å². The van der Waals surface area contributed by atoms with Crippen LogP contribution in [0.4, 0.5) is 0 Å². The molecule has 3 rings (SSSR count). The van der Waals surface area contributed by atoms with Gasteiger partial charge >= 0.3 is 0 Å². The highest BCUT2D eigenvalue weighted by molar-refractivity contribution is 7.99. The lowest BCUT2D eigenvalue weighted by molar-refractivity contribution is 0.414. The first-order valence-corrected chi connectivity index (χ1v) is 8.88. The van der Waals surface area contributed by atoms with Crippen molar-refractivity contribution in [1.82, 2.24) is 19.3 Å². The Morgan fingerprint density at radius 1 is 1.21 bits per heavy atom. The molecule has 3 aromatic rings. The predicted octanol–water partition coefficient (Wildman–Crippen LogP) is 2.78. The highest BCUT2D eigenvalue weighted by Gasteiger charge is 2.14. The van der Waals surface area contributed by atoms with E-state index >= 15 is 0 Å². The van der Waals surface area contributed by atoms with Crippen LogP contribution in [0.25, 0.3) is 11.0 Å². The van der Waals surface area contributed by atoms with E-state index in [1.54, 1.807) is 28.1 Å². The summed E-state index contributed by atoms with van der Waals surface area (Å²) >= 11 is 1.56. The van der Waals surface area contributed by atoms with E-state index in [2.05, 4.69) is 10.1 Å². The SMILES string of the molecule is CCSc1nc2cn(CC)nc2c(=O)n1Cc1ccc(OC)cc1. The second-order valence-electron chi connectivity index (χ2n) is 5.29. The van der Waals surface area contributed by atoms with Gasteiger partial charge in [0, 0.05) is 6.54 Å². The van der Waals surface area contributed by atoms with Gasteiger partial charge in [0.25, 0.3) is 5.56 Å². The van der Waals surface area contributed by atoms with Crippen molar-refractivity contribution in [3.63, 3.8) is 0 Å². The molecule has 0 N–H and O–H groups in total. The highest BCUT2D eigenvalue weighted by Crippen LogP contribution is 2.19. The molecule has 0 radical (unpaired) electrons. The number of rotatable bonds is 6. The number of aryl methyl sites for hydroxylation is 1. The number of ether oxygens (including phenoxy) is 1. The van der Waals surface area contributed by atoms with E-state index in [0.29, 0.717) is 24.1 Å². The Kier molecular flexibility index (Phi) is 4.89. The number of hydrogen-bond acceptors (Lipinski definition) is 5. The van der Waals surface area contributed by atoms with Crippen LogP contribution in [-0.4, -0.2) is 32.2 Å². The zero-order chi connectivity index (χ0) is 17.1. The molecule has 6 nitrogen and oxygen atoms in total. The van der Waals surface area contributed by atoms with Gasteiger partial charge in [-0.3, -0.25) is 14.0 Å². The van der Waals surface area contributed by atoms with Crippen molar-refractivity contribution in [3.05, 3.63) is 46.4 Å². The molecule has 0 spiro atoms. The van der Waals surface area contributed by atoms with E-state index in [-0.39, 0.29) is 5.56 Å². The minimum Gasteiger partial charge on any atom is -0.497 e. The lowest BCUT2D eigenvalue weighted by Crippen LogP contribution is -2.24. The third-order valence-electron chi connectivity index (χ3n) is 3.73. The molecule has 0 unspecified atom stereocenters. The van der Waals surface area contributed by atoms with Crippen LogP contribution in [0.3, 0.4) is 0 Å². The number of methoxy groups -OCH3 is 1. The molecule has 0 bridgehead atoms. The molecule has 2 heterocycles. The van der Waals surface area contributed by atoms with Crippen molar-refractivity contribution in [2.75, 3.05) is 12.9 Å². The van der Waals surface area contributed by atoms with Crippen LogP contribution in [0.15, 0.2) is 40.4 Å². The largest absolute Gasteiger partial charge is 0.497 e. The van der Waals surface area contributed by atoms with Gasteiger partial charge in [-0.1, -0.05) is 30.8 Å². The van der Waals surface area contributed by atoms with Gasteiger partial charge < -0.3 is 4.74 Å². The second kappa shape index (κ2) is 7.09. The highest BCUT2D eigenvalue weighted by atomic mass is 32.2. The minimum absolute atomic E-state index is 0.0982. The molecule has 7 heteroatoms. The molecule has 0 aliphatic rings. The molecule has 0 atom stereocenters. The number of aromatic nitrogens is 4. The van der Waals surface area contributed by atoms with Gasteiger partial charge in [0.2, 0.25) is 0 Å². The lowest BCUT2D eigenvalue weighted by Gasteiger charge is -2.11. The quantitative estimate of drug-likeness (QED) is 0.508. The third kappa shape index (κ3) is 3.17. The Morgan fingerprint density at radius 3 is 2.58 bits per heavy atom. The number of benzene rings is 1. The first-order chi connectivity index (χ1) is 11.7. The Bertz CT molecular complexity index is 899. The molecular weight excluding hydrogens is 324 g/mol. The van der Waals surface area contributed by atoms with Gasteiger partial charge in [0.15, 0.2) is 10.7 Å². The Morgan fingerprint density at radius 2 is 1.96 bits per heavy atom. The maximum atomic E-state index is 12.9. The molecule has 0 saturated carbocycles. The average molecular weight is 344 g/mol. The van der Waals surface area contributed by atoms with Crippen LogP contribution in [-0.2, 0) is 13.1 Å². The zero-order valence-electron chi connectivity index (χ0n) is 14.0. The van der Waals surface area contributed by atoms with E-state index < -0.39 is 0 Å². The third-order valence-corrected chi connectivity index (χ3v) is 4.59. The molecule has 0 fully saturated rings. The molecule has 126 valence electrons. The summed E-state index contributed by atoms with van der Waals surface area (Å²) in [4.78, 5) is 17.5. The predicted molar refractivity (Wildman–Crippen MR) is 96.0 cm³/mol. The smallest absolute Gasteiger partial charge is 0.282 e. The van der Waals surface area contributed by atoms with E-state index in [1.165, 1.54) is 0 Å². The van der Waals surface area contributed by atoms with Crippen molar-refractivity contribution in [2.24, 2.45) is 0 Å². The average Bonchev–Trinajstić information content (AvgIpc) is 3.02. The van der Waals surface area contributed by atoms with Gasteiger partial charge in [-0.2, -0.15) is 5.10 Å². The van der Waals surface area contributed by atoms with Crippen molar-refractivity contribution >= 4 is 22.8 Å². The second-order valence-corrected chi connectivity index (χ2v) is 6.52. The molecule has 0 aliphatic carbocycles. The normalized spacial score (nSPS) is 11.1. The zero-order valence-corrected chi connectivity index (χ0v) is 14.8. The summed E-state index contributed by atoms with van der Waals surface area (Å²) in [6.45, 7) is 5.22.